The number of hydrogen-bond acceptors (Lipinski definition) is 4. The zero-order valence-electron chi connectivity index (χ0n) is 13.0. The number of ether oxygens (including phenoxy) is 1. The van der Waals surface area contributed by atoms with Gasteiger partial charge in [-0.25, -0.2) is 13.2 Å². The van der Waals surface area contributed by atoms with Crippen molar-refractivity contribution in [2.24, 2.45) is 0 Å². The van der Waals surface area contributed by atoms with Crippen molar-refractivity contribution in [2.75, 3.05) is 0 Å². The summed E-state index contributed by atoms with van der Waals surface area (Å²) in [6.45, 7) is 8.82. The summed E-state index contributed by atoms with van der Waals surface area (Å²) in [5, 5.41) is 0. The summed E-state index contributed by atoms with van der Waals surface area (Å²) < 4.78 is 28.8. The number of hydrogen-bond donors (Lipinski definition) is 0. The molecule has 0 N–H and O–H groups in total. The van der Waals surface area contributed by atoms with Gasteiger partial charge in [-0.2, -0.15) is 0 Å². The Morgan fingerprint density at radius 2 is 1.86 bits per heavy atom. The van der Waals surface area contributed by atoms with Gasteiger partial charge in [-0.3, -0.25) is 0 Å². The fraction of sp³-hybridized carbons (Fsp3) is 0.533. The van der Waals surface area contributed by atoms with Gasteiger partial charge in [0.25, 0.3) is 9.05 Å². The molecule has 0 saturated heterocycles. The van der Waals surface area contributed by atoms with Crippen LogP contribution in [-0.4, -0.2) is 20.5 Å². The molecular weight excluding hydrogens is 312 g/mol. The van der Waals surface area contributed by atoms with E-state index in [1.54, 1.807) is 26.8 Å². The highest BCUT2D eigenvalue weighted by atomic mass is 35.7. The highest BCUT2D eigenvalue weighted by molar-refractivity contribution is 8.13. The summed E-state index contributed by atoms with van der Waals surface area (Å²) >= 11 is 0. The molecule has 0 spiro atoms. The van der Waals surface area contributed by atoms with Crippen LogP contribution in [0.2, 0.25) is 0 Å². The van der Waals surface area contributed by atoms with Gasteiger partial charge in [0.05, 0.1) is 16.6 Å². The first kappa shape index (κ1) is 18.0. The van der Waals surface area contributed by atoms with Crippen LogP contribution in [0.15, 0.2) is 11.0 Å². The van der Waals surface area contributed by atoms with Crippen LogP contribution < -0.4 is 0 Å². The minimum absolute atomic E-state index is 0.00939. The van der Waals surface area contributed by atoms with Gasteiger partial charge in [0.1, 0.15) is 0 Å². The fourth-order valence-electron chi connectivity index (χ4n) is 2.56. The molecule has 4 nitrogen and oxygen atoms in total. The summed E-state index contributed by atoms with van der Waals surface area (Å²) in [7, 11) is 1.56. The lowest BCUT2D eigenvalue weighted by atomic mass is 9.99. The maximum absolute atomic E-state index is 12.3. The number of halogens is 1. The lowest BCUT2D eigenvalue weighted by Gasteiger charge is -2.17. The topological polar surface area (TPSA) is 60.4 Å². The molecule has 1 aromatic carbocycles. The molecule has 0 amide bonds. The van der Waals surface area contributed by atoms with E-state index < -0.39 is 15.0 Å². The highest BCUT2D eigenvalue weighted by Gasteiger charge is 2.25. The fourth-order valence-corrected chi connectivity index (χ4v) is 4.19. The van der Waals surface area contributed by atoms with Crippen molar-refractivity contribution in [3.63, 3.8) is 0 Å². The Hall–Kier alpha value is -1.07. The largest absolute Gasteiger partial charge is 0.459 e. The maximum Gasteiger partial charge on any atom is 0.338 e. The van der Waals surface area contributed by atoms with Gasteiger partial charge in [-0.1, -0.05) is 19.4 Å². The third-order valence-electron chi connectivity index (χ3n) is 3.35. The Kier molecular flexibility index (Phi) is 5.82. The molecule has 6 heteroatoms. The predicted molar refractivity (Wildman–Crippen MR) is 83.5 cm³/mol. The average molecular weight is 333 g/mol. The lowest BCUT2D eigenvalue weighted by Crippen LogP contribution is -2.18. The van der Waals surface area contributed by atoms with E-state index in [2.05, 4.69) is 0 Å². The molecule has 0 heterocycles. The third kappa shape index (κ3) is 4.20. The van der Waals surface area contributed by atoms with Gasteiger partial charge in [-0.05, 0) is 50.8 Å². The number of carbonyl (C=O) groups is 1. The van der Waals surface area contributed by atoms with Gasteiger partial charge in [0, 0.05) is 10.7 Å². The van der Waals surface area contributed by atoms with E-state index in [-0.39, 0.29) is 16.6 Å². The third-order valence-corrected chi connectivity index (χ3v) is 4.93. The smallest absolute Gasteiger partial charge is 0.338 e. The van der Waals surface area contributed by atoms with Crippen molar-refractivity contribution in [2.45, 2.75) is 58.5 Å². The highest BCUT2D eigenvalue weighted by Crippen LogP contribution is 2.29. The van der Waals surface area contributed by atoms with Crippen LogP contribution >= 0.6 is 10.7 Å². The molecule has 0 aliphatic carbocycles. The summed E-state index contributed by atoms with van der Waals surface area (Å²) in [6, 6.07) is 1.64. The SMILES string of the molecule is CCCC(C)OC(=O)c1c(C)cc(C)c(S(=O)(=O)Cl)c1C. The molecule has 0 radical (unpaired) electrons. The van der Waals surface area contributed by atoms with Gasteiger partial charge in [0.15, 0.2) is 0 Å². The monoisotopic (exact) mass is 332 g/mol. The molecule has 1 aromatic rings. The van der Waals surface area contributed by atoms with Crippen LogP contribution in [0.25, 0.3) is 0 Å². The van der Waals surface area contributed by atoms with Gasteiger partial charge < -0.3 is 4.74 Å². The first-order chi connectivity index (χ1) is 9.59. The van der Waals surface area contributed by atoms with Crippen molar-refractivity contribution in [1.82, 2.24) is 0 Å². The molecule has 1 unspecified atom stereocenters. The Labute approximate surface area is 130 Å². The maximum atomic E-state index is 12.3. The second-order valence-corrected chi connectivity index (χ2v) is 7.78. The Morgan fingerprint density at radius 1 is 1.29 bits per heavy atom. The number of esters is 1. The molecular formula is C15H21ClO4S. The van der Waals surface area contributed by atoms with Crippen molar-refractivity contribution in [1.29, 1.82) is 0 Å². The number of benzene rings is 1. The summed E-state index contributed by atoms with van der Waals surface area (Å²) in [5.41, 5.74) is 1.83. The Balaban J connectivity index is 3.34. The number of carbonyl (C=O) groups excluding carboxylic acids is 1. The van der Waals surface area contributed by atoms with E-state index >= 15 is 0 Å². The molecule has 0 saturated carbocycles. The number of rotatable bonds is 5. The Morgan fingerprint density at radius 3 is 2.33 bits per heavy atom. The lowest BCUT2D eigenvalue weighted by molar-refractivity contribution is 0.0321. The first-order valence-electron chi connectivity index (χ1n) is 6.86. The second kappa shape index (κ2) is 6.79. The quantitative estimate of drug-likeness (QED) is 0.606. The van der Waals surface area contributed by atoms with Gasteiger partial charge in [0.2, 0.25) is 0 Å². The van der Waals surface area contributed by atoms with Crippen LogP contribution in [0.1, 0.15) is 53.7 Å². The first-order valence-corrected chi connectivity index (χ1v) is 9.17. The molecule has 118 valence electrons. The van der Waals surface area contributed by atoms with Crippen LogP contribution in [0.3, 0.4) is 0 Å². The van der Waals surface area contributed by atoms with E-state index in [0.717, 1.165) is 12.8 Å². The summed E-state index contributed by atoms with van der Waals surface area (Å²) in [6.07, 6.45) is 1.46. The normalized spacial score (nSPS) is 13.0. The minimum atomic E-state index is -3.91. The average Bonchev–Trinajstić information content (AvgIpc) is 2.25. The van der Waals surface area contributed by atoms with Crippen LogP contribution in [0.5, 0.6) is 0 Å². The van der Waals surface area contributed by atoms with Crippen molar-refractivity contribution in [3.05, 3.63) is 28.3 Å². The van der Waals surface area contributed by atoms with E-state index in [1.807, 2.05) is 13.8 Å². The molecule has 1 atom stereocenters. The molecule has 0 fully saturated rings. The standard InChI is InChI=1S/C15H21ClO4S/c1-6-7-11(4)20-15(17)13-9(2)8-10(3)14(12(13)5)21(16,18)19/h8,11H,6-7H2,1-5H3. The van der Waals surface area contributed by atoms with Crippen molar-refractivity contribution in [3.8, 4) is 0 Å². The zero-order chi connectivity index (χ0) is 16.4. The Bertz CT molecular complexity index is 650. The van der Waals surface area contributed by atoms with Gasteiger partial charge in [-0.15, -0.1) is 0 Å². The second-order valence-electron chi connectivity index (χ2n) is 5.28. The summed E-state index contributed by atoms with van der Waals surface area (Å²) in [5.74, 6) is -0.507. The van der Waals surface area contributed by atoms with E-state index in [1.165, 1.54) is 0 Å². The van der Waals surface area contributed by atoms with Gasteiger partial charge >= 0.3 is 5.97 Å². The van der Waals surface area contributed by atoms with E-state index in [0.29, 0.717) is 16.7 Å². The van der Waals surface area contributed by atoms with E-state index in [4.69, 9.17) is 15.4 Å². The van der Waals surface area contributed by atoms with Crippen LogP contribution in [0, 0.1) is 20.8 Å². The molecule has 0 aromatic heterocycles. The minimum Gasteiger partial charge on any atom is -0.459 e. The van der Waals surface area contributed by atoms with Crippen molar-refractivity contribution < 1.29 is 17.9 Å². The van der Waals surface area contributed by atoms with Crippen LogP contribution in [-0.2, 0) is 13.8 Å². The predicted octanol–water partition coefficient (Wildman–Crippen LogP) is 3.88. The molecule has 21 heavy (non-hydrogen) atoms. The molecule has 0 aliphatic rings. The molecule has 1 rings (SSSR count). The summed E-state index contributed by atoms with van der Waals surface area (Å²) in [4.78, 5) is 12.3. The molecule has 0 bridgehead atoms. The molecule has 0 aliphatic heterocycles. The van der Waals surface area contributed by atoms with Crippen molar-refractivity contribution >= 4 is 25.7 Å². The van der Waals surface area contributed by atoms with Crippen LogP contribution in [0.4, 0.5) is 0 Å². The zero-order valence-corrected chi connectivity index (χ0v) is 14.6. The van der Waals surface area contributed by atoms with E-state index in [9.17, 15) is 13.2 Å². The number of aryl methyl sites for hydroxylation is 2.